The summed E-state index contributed by atoms with van der Waals surface area (Å²) in [5.41, 5.74) is 2.46. The Morgan fingerprint density at radius 3 is 2.88 bits per heavy atom. The standard InChI is InChI=1S/C12H11N3O2/c1-14-11-5-9(17-2)3-4-10(11)15-6-8(7-16)13-12(14)15/h3-7H,1-2H3. The first-order chi connectivity index (χ1) is 8.24. The quantitative estimate of drug-likeness (QED) is 0.628. The minimum absolute atomic E-state index is 0.438. The Balaban J connectivity index is 2.43. The molecule has 2 heterocycles. The van der Waals surface area contributed by atoms with E-state index in [1.54, 1.807) is 13.3 Å². The van der Waals surface area contributed by atoms with Crippen molar-refractivity contribution < 1.29 is 9.53 Å². The molecule has 0 N–H and O–H groups in total. The molecule has 1 aromatic carbocycles. The zero-order valence-corrected chi connectivity index (χ0v) is 9.54. The second-order valence-corrected chi connectivity index (χ2v) is 3.87. The smallest absolute Gasteiger partial charge is 0.215 e. The molecule has 2 aromatic heterocycles. The van der Waals surface area contributed by atoms with Crippen molar-refractivity contribution >= 4 is 23.1 Å². The molecule has 0 unspecified atom stereocenters. The van der Waals surface area contributed by atoms with Crippen LogP contribution in [0.5, 0.6) is 5.75 Å². The number of aldehydes is 1. The molecule has 5 nitrogen and oxygen atoms in total. The molecule has 0 radical (unpaired) electrons. The van der Waals surface area contributed by atoms with Crippen LogP contribution in [0.1, 0.15) is 10.5 Å². The van der Waals surface area contributed by atoms with Crippen LogP contribution in [0.15, 0.2) is 24.4 Å². The Kier molecular flexibility index (Phi) is 1.95. The van der Waals surface area contributed by atoms with Gasteiger partial charge in [0.2, 0.25) is 5.78 Å². The molecule has 0 amide bonds. The number of imidazole rings is 2. The Morgan fingerprint density at radius 2 is 2.18 bits per heavy atom. The van der Waals surface area contributed by atoms with Gasteiger partial charge in [0.1, 0.15) is 11.4 Å². The van der Waals surface area contributed by atoms with E-state index < -0.39 is 0 Å². The lowest BCUT2D eigenvalue weighted by Crippen LogP contribution is -1.90. The van der Waals surface area contributed by atoms with Crippen LogP contribution in [0.2, 0.25) is 0 Å². The summed E-state index contributed by atoms with van der Waals surface area (Å²) < 4.78 is 9.03. The summed E-state index contributed by atoms with van der Waals surface area (Å²) in [6, 6.07) is 5.80. The number of methoxy groups -OCH3 is 1. The Labute approximate surface area is 97.2 Å². The zero-order chi connectivity index (χ0) is 12.0. The maximum absolute atomic E-state index is 10.7. The lowest BCUT2D eigenvalue weighted by Gasteiger charge is -2.00. The van der Waals surface area contributed by atoms with E-state index in [0.717, 1.165) is 28.8 Å². The SMILES string of the molecule is COc1ccc2c(c1)n(C)c1nc(C=O)cn21. The lowest BCUT2D eigenvalue weighted by atomic mass is 10.3. The third-order valence-corrected chi connectivity index (χ3v) is 2.93. The molecule has 17 heavy (non-hydrogen) atoms. The molecule has 0 bridgehead atoms. The van der Waals surface area contributed by atoms with E-state index in [4.69, 9.17) is 4.74 Å². The van der Waals surface area contributed by atoms with Gasteiger partial charge in [0.25, 0.3) is 0 Å². The minimum atomic E-state index is 0.438. The average molecular weight is 229 g/mol. The Morgan fingerprint density at radius 1 is 1.35 bits per heavy atom. The summed E-state index contributed by atoms with van der Waals surface area (Å²) in [7, 11) is 3.55. The fraction of sp³-hybridized carbons (Fsp3) is 0.167. The minimum Gasteiger partial charge on any atom is -0.497 e. The van der Waals surface area contributed by atoms with E-state index in [9.17, 15) is 4.79 Å². The van der Waals surface area contributed by atoms with Gasteiger partial charge in [0, 0.05) is 19.3 Å². The van der Waals surface area contributed by atoms with Gasteiger partial charge in [-0.1, -0.05) is 0 Å². The molecule has 5 heteroatoms. The number of hydrogen-bond donors (Lipinski definition) is 0. The Bertz CT molecular complexity index is 724. The van der Waals surface area contributed by atoms with Gasteiger partial charge in [-0.25, -0.2) is 4.98 Å². The molecule has 0 fully saturated rings. The number of carbonyl (C=O) groups excluding carboxylic acids is 1. The van der Waals surface area contributed by atoms with Gasteiger partial charge in [-0.15, -0.1) is 0 Å². The van der Waals surface area contributed by atoms with E-state index in [1.165, 1.54) is 0 Å². The van der Waals surface area contributed by atoms with Crippen molar-refractivity contribution in [2.24, 2.45) is 7.05 Å². The van der Waals surface area contributed by atoms with Crippen molar-refractivity contribution in [2.75, 3.05) is 7.11 Å². The van der Waals surface area contributed by atoms with Crippen LogP contribution in [0.3, 0.4) is 0 Å². The summed E-state index contributed by atoms with van der Waals surface area (Å²) in [6.45, 7) is 0. The van der Waals surface area contributed by atoms with Crippen molar-refractivity contribution in [1.82, 2.24) is 14.0 Å². The number of carbonyl (C=O) groups is 1. The highest BCUT2D eigenvalue weighted by Crippen LogP contribution is 2.24. The predicted molar refractivity (Wildman–Crippen MR) is 63.6 cm³/mol. The third kappa shape index (κ3) is 1.25. The van der Waals surface area contributed by atoms with Crippen LogP contribution >= 0.6 is 0 Å². The fourth-order valence-electron chi connectivity index (χ4n) is 2.07. The number of nitrogens with zero attached hydrogens (tertiary/aromatic N) is 3. The number of rotatable bonds is 2. The summed E-state index contributed by atoms with van der Waals surface area (Å²) in [5.74, 6) is 1.55. The highest BCUT2D eigenvalue weighted by atomic mass is 16.5. The van der Waals surface area contributed by atoms with Crippen LogP contribution in [0.4, 0.5) is 0 Å². The third-order valence-electron chi connectivity index (χ3n) is 2.93. The number of fused-ring (bicyclic) bond motifs is 3. The number of hydrogen-bond acceptors (Lipinski definition) is 3. The van der Waals surface area contributed by atoms with Crippen LogP contribution in [-0.2, 0) is 7.05 Å². The zero-order valence-electron chi connectivity index (χ0n) is 9.54. The summed E-state index contributed by atoms with van der Waals surface area (Å²) in [4.78, 5) is 15.0. The van der Waals surface area contributed by atoms with Gasteiger partial charge in [0.15, 0.2) is 6.29 Å². The molecular weight excluding hydrogens is 218 g/mol. The van der Waals surface area contributed by atoms with Crippen molar-refractivity contribution in [1.29, 1.82) is 0 Å². The second-order valence-electron chi connectivity index (χ2n) is 3.87. The first-order valence-electron chi connectivity index (χ1n) is 5.21. The highest BCUT2D eigenvalue weighted by molar-refractivity contribution is 5.84. The lowest BCUT2D eigenvalue weighted by molar-refractivity contribution is 0.111. The first-order valence-corrected chi connectivity index (χ1v) is 5.21. The molecule has 0 aliphatic heterocycles. The predicted octanol–water partition coefficient (Wildman–Crippen LogP) is 1.65. The highest BCUT2D eigenvalue weighted by Gasteiger charge is 2.11. The number of aromatic nitrogens is 3. The molecule has 86 valence electrons. The van der Waals surface area contributed by atoms with E-state index >= 15 is 0 Å². The fourth-order valence-corrected chi connectivity index (χ4v) is 2.07. The van der Waals surface area contributed by atoms with Crippen molar-refractivity contribution in [2.45, 2.75) is 0 Å². The van der Waals surface area contributed by atoms with Crippen LogP contribution < -0.4 is 4.74 Å². The van der Waals surface area contributed by atoms with Crippen molar-refractivity contribution in [3.05, 3.63) is 30.1 Å². The van der Waals surface area contributed by atoms with Gasteiger partial charge in [-0.3, -0.25) is 9.20 Å². The Hall–Kier alpha value is -2.30. The average Bonchev–Trinajstić information content (AvgIpc) is 2.89. The van der Waals surface area contributed by atoms with Crippen LogP contribution in [-0.4, -0.2) is 27.3 Å². The summed E-state index contributed by atoms with van der Waals surface area (Å²) in [5, 5.41) is 0. The molecular formula is C12H11N3O2. The van der Waals surface area contributed by atoms with E-state index in [2.05, 4.69) is 4.98 Å². The topological polar surface area (TPSA) is 48.5 Å². The largest absolute Gasteiger partial charge is 0.497 e. The number of aryl methyl sites for hydroxylation is 1. The van der Waals surface area contributed by atoms with E-state index in [1.807, 2.05) is 34.2 Å². The van der Waals surface area contributed by atoms with Crippen LogP contribution in [0.25, 0.3) is 16.8 Å². The van der Waals surface area contributed by atoms with Gasteiger partial charge in [0.05, 0.1) is 18.1 Å². The number of ether oxygens (including phenoxy) is 1. The maximum Gasteiger partial charge on any atom is 0.215 e. The van der Waals surface area contributed by atoms with Gasteiger partial charge >= 0.3 is 0 Å². The molecule has 0 spiro atoms. The molecule has 0 aliphatic rings. The van der Waals surface area contributed by atoms with Crippen molar-refractivity contribution in [3.8, 4) is 5.75 Å². The molecule has 3 rings (SSSR count). The first kappa shape index (κ1) is 9.89. The molecule has 0 saturated carbocycles. The van der Waals surface area contributed by atoms with Gasteiger partial charge in [-0.05, 0) is 12.1 Å². The second kappa shape index (κ2) is 3.35. The molecule has 0 aliphatic carbocycles. The maximum atomic E-state index is 10.7. The van der Waals surface area contributed by atoms with Crippen molar-refractivity contribution in [3.63, 3.8) is 0 Å². The molecule has 3 aromatic rings. The van der Waals surface area contributed by atoms with E-state index in [0.29, 0.717) is 5.69 Å². The summed E-state index contributed by atoms with van der Waals surface area (Å²) in [6.07, 6.45) is 2.49. The summed E-state index contributed by atoms with van der Waals surface area (Å²) >= 11 is 0. The number of benzene rings is 1. The molecule has 0 saturated heterocycles. The van der Waals surface area contributed by atoms with Gasteiger partial charge < -0.3 is 9.30 Å². The monoisotopic (exact) mass is 229 g/mol. The van der Waals surface area contributed by atoms with Crippen LogP contribution in [0, 0.1) is 0 Å². The normalized spacial score (nSPS) is 11.2. The van der Waals surface area contributed by atoms with E-state index in [-0.39, 0.29) is 0 Å². The molecule has 0 atom stereocenters. The van der Waals surface area contributed by atoms with Gasteiger partial charge in [-0.2, -0.15) is 0 Å².